The van der Waals surface area contributed by atoms with Crippen LogP contribution in [-0.2, 0) is 0 Å². The first-order valence-electron chi connectivity index (χ1n) is 9.10. The van der Waals surface area contributed by atoms with E-state index in [9.17, 15) is 5.26 Å². The predicted molar refractivity (Wildman–Crippen MR) is 110 cm³/mol. The maximum atomic E-state index is 9.32. The minimum absolute atomic E-state index is 0.576. The Bertz CT molecular complexity index is 929. The van der Waals surface area contributed by atoms with Crippen LogP contribution in [0.5, 0.6) is 0 Å². The van der Waals surface area contributed by atoms with Gasteiger partial charge >= 0.3 is 0 Å². The van der Waals surface area contributed by atoms with Crippen LogP contribution in [0.25, 0.3) is 11.3 Å². The van der Waals surface area contributed by atoms with Gasteiger partial charge in [0.25, 0.3) is 0 Å². The Kier molecular flexibility index (Phi) is 6.01. The second-order valence-electron chi connectivity index (χ2n) is 6.72. The molecular formula is C22H23N5. The minimum Gasteiger partial charge on any atom is -0.354 e. The van der Waals surface area contributed by atoms with E-state index in [4.69, 9.17) is 0 Å². The van der Waals surface area contributed by atoms with Gasteiger partial charge in [0.05, 0.1) is 16.9 Å². The lowest BCUT2D eigenvalue weighted by Gasteiger charge is -2.13. The van der Waals surface area contributed by atoms with Gasteiger partial charge < -0.3 is 10.6 Å². The van der Waals surface area contributed by atoms with E-state index >= 15 is 0 Å². The van der Waals surface area contributed by atoms with Crippen LogP contribution in [-0.4, -0.2) is 16.5 Å². The number of benzene rings is 2. The van der Waals surface area contributed by atoms with Gasteiger partial charge in [-0.15, -0.1) is 0 Å². The average Bonchev–Trinajstić information content (AvgIpc) is 2.69. The summed E-state index contributed by atoms with van der Waals surface area (Å²) in [6.45, 7) is 5.19. The molecule has 1 heterocycles. The Morgan fingerprint density at radius 2 is 1.74 bits per heavy atom. The summed E-state index contributed by atoms with van der Waals surface area (Å²) < 4.78 is 0. The van der Waals surface area contributed by atoms with Crippen LogP contribution in [0.3, 0.4) is 0 Å². The highest BCUT2D eigenvalue weighted by Gasteiger charge is 2.09. The Morgan fingerprint density at radius 3 is 2.48 bits per heavy atom. The van der Waals surface area contributed by atoms with Crippen molar-refractivity contribution in [1.82, 2.24) is 9.97 Å². The monoisotopic (exact) mass is 357 g/mol. The molecule has 0 aliphatic heterocycles. The van der Waals surface area contributed by atoms with Crippen molar-refractivity contribution in [2.75, 3.05) is 17.2 Å². The van der Waals surface area contributed by atoms with E-state index in [-0.39, 0.29) is 0 Å². The second kappa shape index (κ2) is 8.81. The quantitative estimate of drug-likeness (QED) is 0.607. The third kappa shape index (κ3) is 5.05. The fraction of sp³-hybridized carbons (Fsp3) is 0.227. The molecular weight excluding hydrogens is 334 g/mol. The summed E-state index contributed by atoms with van der Waals surface area (Å²) in [6.07, 6.45) is 1.04. The lowest BCUT2D eigenvalue weighted by atomic mass is 10.1. The molecule has 3 rings (SSSR count). The number of nitrogens with zero attached hydrogens (tertiary/aromatic N) is 3. The van der Waals surface area contributed by atoms with Gasteiger partial charge in [0, 0.05) is 18.2 Å². The van der Waals surface area contributed by atoms with Crippen LogP contribution in [0.2, 0.25) is 0 Å². The largest absolute Gasteiger partial charge is 0.354 e. The highest BCUT2D eigenvalue weighted by Crippen LogP contribution is 2.25. The summed E-state index contributed by atoms with van der Waals surface area (Å²) in [4.78, 5) is 9.24. The van der Waals surface area contributed by atoms with E-state index in [2.05, 4.69) is 40.5 Å². The molecule has 0 unspecified atom stereocenters. The van der Waals surface area contributed by atoms with Gasteiger partial charge in [-0.05, 0) is 24.5 Å². The van der Waals surface area contributed by atoms with Crippen LogP contribution in [0, 0.1) is 17.2 Å². The van der Waals surface area contributed by atoms with E-state index < -0.39 is 0 Å². The fourth-order valence-corrected chi connectivity index (χ4v) is 2.65. The molecule has 0 aliphatic rings. The zero-order chi connectivity index (χ0) is 19.1. The summed E-state index contributed by atoms with van der Waals surface area (Å²) in [6, 6.07) is 21.5. The van der Waals surface area contributed by atoms with Crippen LogP contribution >= 0.6 is 0 Å². The average molecular weight is 357 g/mol. The summed E-state index contributed by atoms with van der Waals surface area (Å²) >= 11 is 0. The van der Waals surface area contributed by atoms with Crippen molar-refractivity contribution in [2.24, 2.45) is 5.92 Å². The maximum Gasteiger partial charge on any atom is 0.225 e. The molecule has 0 aliphatic carbocycles. The second-order valence-corrected chi connectivity index (χ2v) is 6.72. The topological polar surface area (TPSA) is 73.6 Å². The van der Waals surface area contributed by atoms with Gasteiger partial charge in [-0.2, -0.15) is 10.2 Å². The number of anilines is 3. The molecule has 2 aromatic carbocycles. The SMILES string of the molecule is CC(C)CCNc1nc(Nc2ccccc2C#N)cc(-c2ccccc2)n1. The van der Waals surface area contributed by atoms with E-state index in [0.717, 1.165) is 29.9 Å². The molecule has 0 radical (unpaired) electrons. The van der Waals surface area contributed by atoms with Gasteiger partial charge in [-0.3, -0.25) is 0 Å². The third-order valence-corrected chi connectivity index (χ3v) is 4.11. The zero-order valence-corrected chi connectivity index (χ0v) is 15.6. The number of nitriles is 1. The molecule has 5 nitrogen and oxygen atoms in total. The number of para-hydroxylation sites is 1. The van der Waals surface area contributed by atoms with E-state index in [1.807, 2.05) is 54.6 Å². The van der Waals surface area contributed by atoms with Crippen molar-refractivity contribution in [3.8, 4) is 17.3 Å². The lowest BCUT2D eigenvalue weighted by Crippen LogP contribution is -2.09. The first kappa shape index (κ1) is 18.4. The van der Waals surface area contributed by atoms with E-state index in [1.165, 1.54) is 0 Å². The van der Waals surface area contributed by atoms with Crippen LogP contribution in [0.1, 0.15) is 25.8 Å². The molecule has 1 aromatic heterocycles. The number of aromatic nitrogens is 2. The number of nitrogens with one attached hydrogen (secondary N) is 2. The lowest BCUT2D eigenvalue weighted by molar-refractivity contribution is 0.606. The van der Waals surface area contributed by atoms with Crippen molar-refractivity contribution < 1.29 is 0 Å². The highest BCUT2D eigenvalue weighted by atomic mass is 15.1. The zero-order valence-electron chi connectivity index (χ0n) is 15.6. The van der Waals surface area contributed by atoms with Gasteiger partial charge in [0.15, 0.2) is 0 Å². The molecule has 2 N–H and O–H groups in total. The number of hydrogen-bond donors (Lipinski definition) is 2. The summed E-state index contributed by atoms with van der Waals surface area (Å²) in [5, 5.41) is 15.9. The summed E-state index contributed by atoms with van der Waals surface area (Å²) in [7, 11) is 0. The van der Waals surface area contributed by atoms with Gasteiger partial charge in [0.1, 0.15) is 11.9 Å². The Morgan fingerprint density at radius 1 is 1.00 bits per heavy atom. The molecule has 136 valence electrons. The van der Waals surface area contributed by atoms with Crippen molar-refractivity contribution in [3.05, 3.63) is 66.2 Å². The van der Waals surface area contributed by atoms with Crippen molar-refractivity contribution in [2.45, 2.75) is 20.3 Å². The van der Waals surface area contributed by atoms with Crippen molar-refractivity contribution in [1.29, 1.82) is 5.26 Å². The smallest absolute Gasteiger partial charge is 0.225 e. The molecule has 0 bridgehead atoms. The van der Waals surface area contributed by atoms with E-state index in [0.29, 0.717) is 23.2 Å². The molecule has 0 amide bonds. The summed E-state index contributed by atoms with van der Waals surface area (Å²) in [5.74, 6) is 1.84. The molecule has 0 saturated heterocycles. The Hall–Kier alpha value is -3.39. The van der Waals surface area contributed by atoms with E-state index in [1.54, 1.807) is 6.07 Å². The Labute approximate surface area is 160 Å². The molecule has 0 spiro atoms. The minimum atomic E-state index is 0.576. The summed E-state index contributed by atoms with van der Waals surface area (Å²) in [5.41, 5.74) is 3.15. The van der Waals surface area contributed by atoms with Gasteiger partial charge in [0.2, 0.25) is 5.95 Å². The first-order valence-corrected chi connectivity index (χ1v) is 9.10. The van der Waals surface area contributed by atoms with Crippen molar-refractivity contribution >= 4 is 17.5 Å². The van der Waals surface area contributed by atoms with Gasteiger partial charge in [-0.1, -0.05) is 56.3 Å². The molecule has 3 aromatic rings. The molecule has 0 fully saturated rings. The normalized spacial score (nSPS) is 10.4. The molecule has 0 atom stereocenters. The highest BCUT2D eigenvalue weighted by molar-refractivity contribution is 5.69. The fourth-order valence-electron chi connectivity index (χ4n) is 2.65. The number of rotatable bonds is 7. The predicted octanol–water partition coefficient (Wildman–Crippen LogP) is 5.22. The first-order chi connectivity index (χ1) is 13.2. The molecule has 27 heavy (non-hydrogen) atoms. The van der Waals surface area contributed by atoms with Crippen LogP contribution in [0.15, 0.2) is 60.7 Å². The van der Waals surface area contributed by atoms with Gasteiger partial charge in [-0.25, -0.2) is 4.98 Å². The third-order valence-electron chi connectivity index (χ3n) is 4.11. The van der Waals surface area contributed by atoms with Crippen molar-refractivity contribution in [3.63, 3.8) is 0 Å². The van der Waals surface area contributed by atoms with Crippen LogP contribution in [0.4, 0.5) is 17.5 Å². The number of hydrogen-bond acceptors (Lipinski definition) is 5. The maximum absolute atomic E-state index is 9.32. The standard InChI is InChI=1S/C22H23N5/c1-16(2)12-13-24-22-26-20(17-8-4-3-5-9-17)14-21(27-22)25-19-11-7-6-10-18(19)15-23/h3-11,14,16H,12-13H2,1-2H3,(H2,24,25,26,27). The Balaban J connectivity index is 1.93. The molecule has 0 saturated carbocycles. The van der Waals surface area contributed by atoms with Crippen LogP contribution < -0.4 is 10.6 Å². The molecule has 5 heteroatoms.